The van der Waals surface area contributed by atoms with Crippen molar-refractivity contribution in [3.8, 4) is 0 Å². The van der Waals surface area contributed by atoms with Gasteiger partial charge in [0.1, 0.15) is 12.6 Å². The number of sulfonamides is 1. The third kappa shape index (κ3) is 6.80. The summed E-state index contributed by atoms with van der Waals surface area (Å²) in [7, 11) is -2.59. The Morgan fingerprint density at radius 1 is 1.15 bits per heavy atom. The van der Waals surface area contributed by atoms with Gasteiger partial charge in [-0.2, -0.15) is 0 Å². The first-order chi connectivity index (χ1) is 15.3. The first kappa shape index (κ1) is 26.4. The van der Waals surface area contributed by atoms with E-state index in [1.54, 1.807) is 12.1 Å². The van der Waals surface area contributed by atoms with Crippen LogP contribution in [0.25, 0.3) is 0 Å². The Labute approximate surface area is 201 Å². The number of nitro benzene ring substituents is 1. The molecule has 0 aromatic heterocycles. The lowest BCUT2D eigenvalue weighted by atomic mass is 10.1. The number of nitro groups is 1. The van der Waals surface area contributed by atoms with Crippen molar-refractivity contribution in [1.29, 1.82) is 0 Å². The zero-order valence-corrected chi connectivity index (χ0v) is 20.3. The lowest BCUT2D eigenvalue weighted by molar-refractivity contribution is -0.384. The molecule has 0 bridgehead atoms. The van der Waals surface area contributed by atoms with Crippen LogP contribution in [-0.4, -0.2) is 55.9 Å². The number of likely N-dealkylation sites (N-methyl/N-ethyl adjacent to an activating group) is 1. The molecule has 2 amide bonds. The Morgan fingerprint density at radius 3 is 2.36 bits per heavy atom. The third-order valence-corrected chi connectivity index (χ3v) is 6.64. The number of amides is 2. The van der Waals surface area contributed by atoms with E-state index in [1.165, 1.54) is 43.1 Å². The summed E-state index contributed by atoms with van der Waals surface area (Å²) < 4.78 is 25.6. The molecule has 0 heterocycles. The number of non-ortho nitro benzene ring substituents is 1. The number of halogens is 2. The van der Waals surface area contributed by atoms with Crippen LogP contribution in [0, 0.1) is 10.1 Å². The van der Waals surface area contributed by atoms with E-state index < -0.39 is 39.3 Å². The molecule has 0 saturated heterocycles. The Hall–Kier alpha value is -2.89. The smallest absolute Gasteiger partial charge is 0.271 e. The summed E-state index contributed by atoms with van der Waals surface area (Å²) in [6.07, 6.45) is 0.880. The van der Waals surface area contributed by atoms with Crippen molar-refractivity contribution in [2.75, 3.05) is 24.2 Å². The maximum atomic E-state index is 13.3. The highest BCUT2D eigenvalue weighted by atomic mass is 35.5. The van der Waals surface area contributed by atoms with Crippen LogP contribution in [0.4, 0.5) is 11.4 Å². The predicted octanol–water partition coefficient (Wildman–Crippen LogP) is 2.83. The summed E-state index contributed by atoms with van der Waals surface area (Å²) >= 11 is 12.0. The largest absolute Gasteiger partial charge is 0.357 e. The lowest BCUT2D eigenvalue weighted by Gasteiger charge is -2.31. The molecule has 0 fully saturated rings. The molecule has 33 heavy (non-hydrogen) atoms. The van der Waals surface area contributed by atoms with Gasteiger partial charge in [0.2, 0.25) is 21.8 Å². The van der Waals surface area contributed by atoms with Gasteiger partial charge in [-0.1, -0.05) is 35.3 Å². The predicted molar refractivity (Wildman–Crippen MR) is 126 cm³/mol. The highest BCUT2D eigenvalue weighted by Crippen LogP contribution is 2.25. The average Bonchev–Trinajstić information content (AvgIpc) is 2.76. The first-order valence-corrected chi connectivity index (χ1v) is 12.1. The summed E-state index contributed by atoms with van der Waals surface area (Å²) in [5.41, 5.74) is 0.178. The van der Waals surface area contributed by atoms with Crippen molar-refractivity contribution in [3.63, 3.8) is 0 Å². The number of hydrogen-bond donors (Lipinski definition) is 1. The maximum Gasteiger partial charge on any atom is 0.271 e. The second-order valence-electron chi connectivity index (χ2n) is 7.11. The van der Waals surface area contributed by atoms with Gasteiger partial charge in [-0.15, -0.1) is 0 Å². The molecular weight excluding hydrogens is 495 g/mol. The van der Waals surface area contributed by atoms with Gasteiger partial charge in [-0.3, -0.25) is 24.0 Å². The van der Waals surface area contributed by atoms with E-state index in [2.05, 4.69) is 5.32 Å². The molecule has 13 heteroatoms. The monoisotopic (exact) mass is 516 g/mol. The highest BCUT2D eigenvalue weighted by Gasteiger charge is 2.30. The van der Waals surface area contributed by atoms with Crippen LogP contribution in [-0.2, 0) is 26.2 Å². The minimum Gasteiger partial charge on any atom is -0.357 e. The molecule has 0 saturated carbocycles. The Morgan fingerprint density at radius 2 is 1.82 bits per heavy atom. The van der Waals surface area contributed by atoms with E-state index in [4.69, 9.17) is 23.2 Å². The number of carbonyl (C=O) groups is 2. The van der Waals surface area contributed by atoms with Crippen LogP contribution in [0.5, 0.6) is 0 Å². The summed E-state index contributed by atoms with van der Waals surface area (Å²) in [5, 5.41) is 14.1. The van der Waals surface area contributed by atoms with Crippen LogP contribution in [0.3, 0.4) is 0 Å². The third-order valence-electron chi connectivity index (χ3n) is 4.76. The molecule has 10 nitrogen and oxygen atoms in total. The zero-order valence-electron chi connectivity index (χ0n) is 18.0. The highest BCUT2D eigenvalue weighted by molar-refractivity contribution is 7.92. The second kappa shape index (κ2) is 10.8. The molecule has 0 aliphatic rings. The summed E-state index contributed by atoms with van der Waals surface area (Å²) in [6, 6.07) is 8.66. The lowest BCUT2D eigenvalue weighted by Crippen LogP contribution is -2.50. The number of rotatable bonds is 9. The van der Waals surface area contributed by atoms with Crippen molar-refractivity contribution >= 4 is 56.4 Å². The van der Waals surface area contributed by atoms with Crippen LogP contribution in [0.15, 0.2) is 42.5 Å². The molecule has 1 unspecified atom stereocenters. The Kier molecular flexibility index (Phi) is 8.64. The molecule has 0 aliphatic heterocycles. The molecule has 0 radical (unpaired) electrons. The molecule has 1 atom stereocenters. The molecule has 2 aromatic carbocycles. The number of anilines is 1. The number of carbonyl (C=O) groups excluding carboxylic acids is 2. The fraction of sp³-hybridized carbons (Fsp3) is 0.300. The number of nitrogens with zero attached hydrogens (tertiary/aromatic N) is 3. The van der Waals surface area contributed by atoms with E-state index in [9.17, 15) is 28.1 Å². The molecular formula is C20H22Cl2N4O6S. The molecule has 1 N–H and O–H groups in total. The van der Waals surface area contributed by atoms with Crippen LogP contribution in [0.2, 0.25) is 10.0 Å². The standard InChI is InChI=1S/C20H22Cl2N4O6S/c1-13(20(28)23-2)24(11-14-7-8-17(21)18(22)9-14)19(27)12-25(33(3,31)32)15-5-4-6-16(10-15)26(29)30/h4-10,13H,11-12H2,1-3H3,(H,23,28). The van der Waals surface area contributed by atoms with Gasteiger partial charge in [0, 0.05) is 25.7 Å². The van der Waals surface area contributed by atoms with Crippen molar-refractivity contribution < 1.29 is 22.9 Å². The SMILES string of the molecule is CNC(=O)C(C)N(Cc1ccc(Cl)c(Cl)c1)C(=O)CN(c1cccc([N+](=O)[O-])c1)S(C)(=O)=O. The van der Waals surface area contributed by atoms with Gasteiger partial charge in [0.15, 0.2) is 0 Å². The minimum absolute atomic E-state index is 0.0536. The van der Waals surface area contributed by atoms with Gasteiger partial charge in [0.25, 0.3) is 5.69 Å². The molecule has 178 valence electrons. The number of hydrogen-bond acceptors (Lipinski definition) is 6. The normalized spacial score (nSPS) is 12.0. The molecule has 2 aromatic rings. The van der Waals surface area contributed by atoms with Gasteiger partial charge in [-0.25, -0.2) is 8.42 Å². The van der Waals surface area contributed by atoms with Gasteiger partial charge >= 0.3 is 0 Å². The zero-order chi connectivity index (χ0) is 24.9. The number of benzene rings is 2. The summed E-state index contributed by atoms with van der Waals surface area (Å²) in [5.74, 6) is -1.17. The summed E-state index contributed by atoms with van der Waals surface area (Å²) in [4.78, 5) is 37.2. The van der Waals surface area contributed by atoms with Crippen LogP contribution < -0.4 is 9.62 Å². The topological polar surface area (TPSA) is 130 Å². The van der Waals surface area contributed by atoms with Crippen LogP contribution >= 0.6 is 23.2 Å². The molecule has 0 aliphatic carbocycles. The van der Waals surface area contributed by atoms with E-state index >= 15 is 0 Å². The quantitative estimate of drug-likeness (QED) is 0.402. The van der Waals surface area contributed by atoms with Crippen molar-refractivity contribution in [1.82, 2.24) is 10.2 Å². The molecule has 2 rings (SSSR count). The van der Waals surface area contributed by atoms with Crippen molar-refractivity contribution in [2.45, 2.75) is 19.5 Å². The average molecular weight is 517 g/mol. The van der Waals surface area contributed by atoms with Gasteiger partial charge < -0.3 is 10.2 Å². The van der Waals surface area contributed by atoms with E-state index in [0.29, 0.717) is 10.6 Å². The summed E-state index contributed by atoms with van der Waals surface area (Å²) in [6.45, 7) is 0.756. The Bertz CT molecular complexity index is 1170. The second-order valence-corrected chi connectivity index (χ2v) is 9.83. The van der Waals surface area contributed by atoms with Gasteiger partial charge in [-0.05, 0) is 30.7 Å². The van der Waals surface area contributed by atoms with Crippen molar-refractivity contribution in [2.24, 2.45) is 0 Å². The first-order valence-electron chi connectivity index (χ1n) is 9.52. The van der Waals surface area contributed by atoms with E-state index in [0.717, 1.165) is 16.6 Å². The van der Waals surface area contributed by atoms with Gasteiger partial charge in [0.05, 0.1) is 26.9 Å². The van der Waals surface area contributed by atoms with E-state index in [1.807, 2.05) is 0 Å². The Balaban J connectivity index is 2.43. The molecule has 0 spiro atoms. The van der Waals surface area contributed by atoms with Crippen LogP contribution in [0.1, 0.15) is 12.5 Å². The fourth-order valence-corrected chi connectivity index (χ4v) is 4.16. The van der Waals surface area contributed by atoms with E-state index in [-0.39, 0.29) is 22.9 Å². The fourth-order valence-electron chi connectivity index (χ4n) is 3.00. The maximum absolute atomic E-state index is 13.3. The minimum atomic E-state index is -4.00. The number of nitrogens with one attached hydrogen (secondary N) is 1. The van der Waals surface area contributed by atoms with Crippen molar-refractivity contribution in [3.05, 3.63) is 68.2 Å².